The van der Waals surface area contributed by atoms with E-state index in [2.05, 4.69) is 5.32 Å². The summed E-state index contributed by atoms with van der Waals surface area (Å²) < 4.78 is 49.8. The van der Waals surface area contributed by atoms with Crippen molar-refractivity contribution >= 4 is 23.4 Å². The molecule has 0 atom stereocenters. The molecular weight excluding hydrogens is 318 g/mol. The second kappa shape index (κ2) is 6.39. The fraction of sp³-hybridized carbons (Fsp3) is 0.133. The van der Waals surface area contributed by atoms with Crippen LogP contribution in [0, 0.1) is 12.7 Å². The number of alkyl halides is 3. The van der Waals surface area contributed by atoms with Gasteiger partial charge in [0.1, 0.15) is 5.82 Å². The molecule has 0 radical (unpaired) electrons. The minimum absolute atomic E-state index is 0.00835. The molecule has 0 saturated carbocycles. The molecule has 2 rings (SSSR count). The minimum atomic E-state index is -4.37. The molecule has 2 aromatic carbocycles. The number of anilines is 1. The summed E-state index contributed by atoms with van der Waals surface area (Å²) in [6.45, 7) is 1.71. The Morgan fingerprint density at radius 2 is 1.73 bits per heavy atom. The second-order valence-electron chi connectivity index (χ2n) is 4.49. The van der Waals surface area contributed by atoms with Gasteiger partial charge < -0.3 is 5.32 Å². The van der Waals surface area contributed by atoms with Crippen molar-refractivity contribution in [3.8, 4) is 0 Å². The Balaban J connectivity index is 2.11. The van der Waals surface area contributed by atoms with Crippen molar-refractivity contribution in [2.75, 3.05) is 5.32 Å². The Hall–Kier alpha value is -2.02. The van der Waals surface area contributed by atoms with Gasteiger partial charge >= 0.3 is 5.51 Å². The van der Waals surface area contributed by atoms with Gasteiger partial charge in [0.15, 0.2) is 0 Å². The van der Waals surface area contributed by atoms with Gasteiger partial charge in [-0.15, -0.1) is 0 Å². The smallest absolute Gasteiger partial charge is 0.322 e. The Bertz CT molecular complexity index is 683. The lowest BCUT2D eigenvalue weighted by Gasteiger charge is -2.09. The average Bonchev–Trinajstić information content (AvgIpc) is 2.42. The molecule has 0 bridgehead atoms. The molecule has 2 aromatic rings. The van der Waals surface area contributed by atoms with Crippen molar-refractivity contribution in [2.45, 2.75) is 17.3 Å². The molecule has 1 amide bonds. The Morgan fingerprint density at radius 1 is 1.09 bits per heavy atom. The van der Waals surface area contributed by atoms with E-state index in [0.29, 0.717) is 11.3 Å². The quantitative estimate of drug-likeness (QED) is 0.634. The van der Waals surface area contributed by atoms with Crippen LogP contribution in [0.3, 0.4) is 0 Å². The average molecular weight is 329 g/mol. The van der Waals surface area contributed by atoms with Gasteiger partial charge in [0, 0.05) is 16.1 Å². The van der Waals surface area contributed by atoms with Crippen LogP contribution in [0.25, 0.3) is 0 Å². The Morgan fingerprint density at radius 3 is 2.32 bits per heavy atom. The SMILES string of the molecule is Cc1ccc(F)cc1NC(=O)c1ccc(SC(F)(F)F)cc1. The van der Waals surface area contributed by atoms with Crippen molar-refractivity contribution in [1.82, 2.24) is 0 Å². The molecule has 0 fully saturated rings. The zero-order valence-electron chi connectivity index (χ0n) is 11.4. The van der Waals surface area contributed by atoms with Crippen molar-refractivity contribution in [1.29, 1.82) is 0 Å². The molecule has 0 aromatic heterocycles. The molecule has 0 aliphatic carbocycles. The summed E-state index contributed by atoms with van der Waals surface area (Å²) in [5.74, 6) is -1.00. The molecule has 22 heavy (non-hydrogen) atoms. The lowest BCUT2D eigenvalue weighted by molar-refractivity contribution is -0.0328. The van der Waals surface area contributed by atoms with E-state index in [0.717, 1.165) is 0 Å². The van der Waals surface area contributed by atoms with E-state index in [1.807, 2.05) is 0 Å². The zero-order valence-corrected chi connectivity index (χ0v) is 12.2. The summed E-state index contributed by atoms with van der Waals surface area (Å²) in [7, 11) is 0. The molecule has 0 aliphatic heterocycles. The van der Waals surface area contributed by atoms with Crippen LogP contribution in [0.4, 0.5) is 23.2 Å². The third-order valence-corrected chi connectivity index (χ3v) is 3.54. The molecule has 2 nitrogen and oxygen atoms in total. The molecule has 0 heterocycles. The topological polar surface area (TPSA) is 29.1 Å². The number of aryl methyl sites for hydroxylation is 1. The highest BCUT2D eigenvalue weighted by atomic mass is 32.2. The lowest BCUT2D eigenvalue weighted by atomic mass is 10.1. The predicted octanol–water partition coefficient (Wildman–Crippen LogP) is 5.00. The first-order valence-electron chi connectivity index (χ1n) is 6.18. The highest BCUT2D eigenvalue weighted by Gasteiger charge is 2.29. The molecule has 0 spiro atoms. The van der Waals surface area contributed by atoms with E-state index in [4.69, 9.17) is 0 Å². The van der Waals surface area contributed by atoms with E-state index in [9.17, 15) is 22.4 Å². The minimum Gasteiger partial charge on any atom is -0.322 e. The van der Waals surface area contributed by atoms with Gasteiger partial charge in [-0.1, -0.05) is 6.07 Å². The fourth-order valence-electron chi connectivity index (χ4n) is 1.73. The number of nitrogens with one attached hydrogen (secondary N) is 1. The standard InChI is InChI=1S/C15H11F4NOS/c1-9-2-5-11(16)8-13(9)20-14(21)10-3-6-12(7-4-10)22-15(17,18)19/h2-8H,1H3,(H,20,21). The molecule has 0 unspecified atom stereocenters. The Labute approximate surface area is 128 Å². The number of carbonyl (C=O) groups is 1. The van der Waals surface area contributed by atoms with E-state index < -0.39 is 17.2 Å². The van der Waals surface area contributed by atoms with E-state index in [1.54, 1.807) is 6.92 Å². The highest BCUT2D eigenvalue weighted by Crippen LogP contribution is 2.36. The molecule has 1 N–H and O–H groups in total. The molecule has 0 saturated heterocycles. The van der Waals surface area contributed by atoms with Crippen LogP contribution in [0.15, 0.2) is 47.4 Å². The number of amides is 1. The maximum Gasteiger partial charge on any atom is 0.446 e. The first kappa shape index (κ1) is 16.4. The van der Waals surface area contributed by atoms with Crippen LogP contribution in [-0.2, 0) is 0 Å². The van der Waals surface area contributed by atoms with E-state index >= 15 is 0 Å². The van der Waals surface area contributed by atoms with Gasteiger partial charge in [0.2, 0.25) is 0 Å². The summed E-state index contributed by atoms with van der Waals surface area (Å²) in [5, 5.41) is 2.53. The van der Waals surface area contributed by atoms with Gasteiger partial charge in [-0.05, 0) is 60.6 Å². The zero-order chi connectivity index (χ0) is 16.3. The van der Waals surface area contributed by atoms with Crippen LogP contribution in [0.2, 0.25) is 0 Å². The molecule has 0 aliphatic rings. The number of carbonyl (C=O) groups excluding carboxylic acids is 1. The second-order valence-corrected chi connectivity index (χ2v) is 5.62. The predicted molar refractivity (Wildman–Crippen MR) is 77.4 cm³/mol. The number of halogens is 4. The number of rotatable bonds is 3. The third-order valence-electron chi connectivity index (χ3n) is 2.80. The van der Waals surface area contributed by atoms with Crippen molar-refractivity contribution in [2.24, 2.45) is 0 Å². The highest BCUT2D eigenvalue weighted by molar-refractivity contribution is 8.00. The van der Waals surface area contributed by atoms with Gasteiger partial charge in [0.05, 0.1) is 0 Å². The number of hydrogen-bond donors (Lipinski definition) is 1. The van der Waals surface area contributed by atoms with Gasteiger partial charge in [0.25, 0.3) is 5.91 Å². The van der Waals surface area contributed by atoms with E-state index in [1.165, 1.54) is 42.5 Å². The van der Waals surface area contributed by atoms with E-state index in [-0.39, 0.29) is 22.2 Å². The summed E-state index contributed by atoms with van der Waals surface area (Å²) in [6, 6.07) is 8.98. The fourth-order valence-corrected chi connectivity index (χ4v) is 2.27. The van der Waals surface area contributed by atoms with Gasteiger partial charge in [-0.3, -0.25) is 4.79 Å². The van der Waals surface area contributed by atoms with Crippen molar-refractivity contribution < 1.29 is 22.4 Å². The van der Waals surface area contributed by atoms with Crippen LogP contribution >= 0.6 is 11.8 Å². The monoisotopic (exact) mass is 329 g/mol. The third kappa shape index (κ3) is 4.49. The first-order chi connectivity index (χ1) is 10.2. The van der Waals surface area contributed by atoms with Gasteiger partial charge in [-0.25, -0.2) is 4.39 Å². The largest absolute Gasteiger partial charge is 0.446 e. The summed E-state index contributed by atoms with van der Waals surface area (Å²) >= 11 is -0.252. The van der Waals surface area contributed by atoms with Crippen LogP contribution in [0.5, 0.6) is 0 Å². The normalized spacial score (nSPS) is 11.3. The molecule has 7 heteroatoms. The van der Waals surface area contributed by atoms with Crippen LogP contribution in [-0.4, -0.2) is 11.4 Å². The summed E-state index contributed by atoms with van der Waals surface area (Å²) in [6.07, 6.45) is 0. The summed E-state index contributed by atoms with van der Waals surface area (Å²) in [5.41, 5.74) is -3.18. The first-order valence-corrected chi connectivity index (χ1v) is 6.99. The van der Waals surface area contributed by atoms with Crippen LogP contribution < -0.4 is 5.32 Å². The van der Waals surface area contributed by atoms with Crippen molar-refractivity contribution in [3.05, 3.63) is 59.4 Å². The van der Waals surface area contributed by atoms with Crippen LogP contribution in [0.1, 0.15) is 15.9 Å². The molecular formula is C15H11F4NOS. The van der Waals surface area contributed by atoms with Crippen molar-refractivity contribution in [3.63, 3.8) is 0 Å². The number of hydrogen-bond acceptors (Lipinski definition) is 2. The Kier molecular flexibility index (Phi) is 4.75. The lowest BCUT2D eigenvalue weighted by Crippen LogP contribution is -2.13. The number of thioether (sulfide) groups is 1. The van der Waals surface area contributed by atoms with Gasteiger partial charge in [-0.2, -0.15) is 13.2 Å². The maximum atomic E-state index is 13.1. The molecule has 116 valence electrons. The summed E-state index contributed by atoms with van der Waals surface area (Å²) in [4.78, 5) is 12.0. The number of benzene rings is 2. The maximum absolute atomic E-state index is 13.1.